The molecule has 0 unspecified atom stereocenters. The molecule has 1 aliphatic rings. The Morgan fingerprint density at radius 1 is 0.864 bits per heavy atom. The first-order valence-electron chi connectivity index (χ1n) is 6.52. The van der Waals surface area contributed by atoms with Crippen molar-refractivity contribution in [2.24, 2.45) is 0 Å². The van der Waals surface area contributed by atoms with Gasteiger partial charge in [-0.25, -0.2) is 0 Å². The zero-order valence-corrected chi connectivity index (χ0v) is 15.2. The van der Waals surface area contributed by atoms with Crippen LogP contribution in [-0.4, -0.2) is 11.4 Å². The summed E-state index contributed by atoms with van der Waals surface area (Å²) in [6.07, 6.45) is 0. The number of halogens is 5. The van der Waals surface area contributed by atoms with E-state index in [-0.39, 0.29) is 11.8 Å². The van der Waals surface area contributed by atoms with Gasteiger partial charge in [0.2, 0.25) is 0 Å². The van der Waals surface area contributed by atoms with E-state index in [1.54, 1.807) is 19.2 Å². The zero-order valence-electron chi connectivity index (χ0n) is 11.4. The van der Waals surface area contributed by atoms with Gasteiger partial charge in [-0.05, 0) is 35.4 Å². The lowest BCUT2D eigenvalue weighted by atomic mass is 10.0. The Morgan fingerprint density at radius 2 is 1.45 bits per heavy atom. The molecule has 22 heavy (non-hydrogen) atoms. The molecular formula is C16H11Cl5O. The van der Waals surface area contributed by atoms with Crippen LogP contribution in [0.15, 0.2) is 36.4 Å². The molecule has 0 radical (unpaired) electrons. The molecule has 0 saturated heterocycles. The maximum Gasteiger partial charge on any atom is 0.133 e. The molecule has 6 heteroatoms. The summed E-state index contributed by atoms with van der Waals surface area (Å²) >= 11 is 31.3. The van der Waals surface area contributed by atoms with Crippen LogP contribution in [0.4, 0.5) is 0 Å². The van der Waals surface area contributed by atoms with Crippen molar-refractivity contribution < 1.29 is 4.74 Å². The second-order valence-corrected chi connectivity index (χ2v) is 7.86. The average molecular weight is 397 g/mol. The molecule has 1 saturated carbocycles. The first-order valence-corrected chi connectivity index (χ1v) is 8.41. The van der Waals surface area contributed by atoms with E-state index in [9.17, 15) is 0 Å². The zero-order chi connectivity index (χ0) is 16.1. The molecule has 0 N–H and O–H groups in total. The minimum Gasteiger partial charge on any atom is -0.497 e. The number of hydrogen-bond acceptors (Lipinski definition) is 1. The fourth-order valence-corrected chi connectivity index (χ4v) is 4.25. The van der Waals surface area contributed by atoms with Crippen molar-refractivity contribution in [3.63, 3.8) is 0 Å². The molecule has 0 aliphatic heterocycles. The Labute approximate surface area is 154 Å². The van der Waals surface area contributed by atoms with Gasteiger partial charge in [0.1, 0.15) is 10.1 Å². The number of rotatable bonds is 3. The van der Waals surface area contributed by atoms with E-state index in [4.69, 9.17) is 62.7 Å². The molecular weight excluding hydrogens is 385 g/mol. The summed E-state index contributed by atoms with van der Waals surface area (Å²) < 4.78 is 4.24. The minimum atomic E-state index is -0.921. The van der Waals surface area contributed by atoms with E-state index in [1.807, 2.05) is 24.3 Å². The van der Waals surface area contributed by atoms with E-state index in [1.165, 1.54) is 0 Å². The summed E-state index contributed by atoms with van der Waals surface area (Å²) in [6.45, 7) is 0. The summed E-state index contributed by atoms with van der Waals surface area (Å²) in [5.41, 5.74) is 1.83. The maximum atomic E-state index is 6.48. The highest BCUT2D eigenvalue weighted by molar-refractivity contribution is 6.53. The van der Waals surface area contributed by atoms with Crippen LogP contribution in [0.3, 0.4) is 0 Å². The quantitative estimate of drug-likeness (QED) is 0.414. The molecule has 0 spiro atoms. The molecule has 116 valence electrons. The van der Waals surface area contributed by atoms with Crippen LogP contribution in [0, 0.1) is 0 Å². The summed E-state index contributed by atoms with van der Waals surface area (Å²) in [5.74, 6) is 0.589. The highest BCUT2D eigenvalue weighted by atomic mass is 35.5. The van der Waals surface area contributed by atoms with Gasteiger partial charge in [-0.1, -0.05) is 46.9 Å². The first-order chi connectivity index (χ1) is 10.4. The number of benzene rings is 2. The third-order valence-electron chi connectivity index (χ3n) is 3.90. The monoisotopic (exact) mass is 394 g/mol. The van der Waals surface area contributed by atoms with Gasteiger partial charge < -0.3 is 4.74 Å². The summed E-state index contributed by atoms with van der Waals surface area (Å²) in [4.78, 5) is 0. The SMILES string of the molecule is COc1ccc([C@@H]2[C@@H](c3cc(Cl)c(Cl)cc3Cl)C2(Cl)Cl)cc1. The van der Waals surface area contributed by atoms with Gasteiger partial charge in [-0.15, -0.1) is 23.2 Å². The second kappa shape index (κ2) is 5.96. The maximum absolute atomic E-state index is 6.48. The lowest BCUT2D eigenvalue weighted by Gasteiger charge is -2.06. The van der Waals surface area contributed by atoms with Crippen molar-refractivity contribution in [1.29, 1.82) is 0 Å². The molecule has 1 fully saturated rings. The van der Waals surface area contributed by atoms with E-state index in [2.05, 4.69) is 0 Å². The molecule has 0 aromatic heterocycles. The lowest BCUT2D eigenvalue weighted by molar-refractivity contribution is 0.414. The van der Waals surface area contributed by atoms with Gasteiger partial charge in [0.15, 0.2) is 0 Å². The molecule has 2 atom stereocenters. The molecule has 2 aromatic rings. The Kier molecular flexibility index (Phi) is 4.48. The van der Waals surface area contributed by atoms with Crippen molar-refractivity contribution in [2.75, 3.05) is 7.11 Å². The van der Waals surface area contributed by atoms with Gasteiger partial charge in [0.25, 0.3) is 0 Å². The molecule has 0 amide bonds. The Balaban J connectivity index is 1.97. The standard InChI is InChI=1S/C16H11Cl5O/c1-22-9-4-2-8(3-5-9)14-15(16(14,20)21)10-6-12(18)13(19)7-11(10)17/h2-7,14-15H,1H3/t14-,15-/m1/s1. The predicted octanol–water partition coefficient (Wildman–Crippen LogP) is 6.71. The van der Waals surface area contributed by atoms with Crippen LogP contribution in [0.1, 0.15) is 23.0 Å². The number of alkyl halides is 2. The topological polar surface area (TPSA) is 9.23 Å². The summed E-state index contributed by atoms with van der Waals surface area (Å²) in [7, 11) is 1.62. The van der Waals surface area contributed by atoms with Crippen molar-refractivity contribution in [2.45, 2.75) is 16.2 Å². The largest absolute Gasteiger partial charge is 0.497 e. The fraction of sp³-hybridized carbons (Fsp3) is 0.250. The summed E-state index contributed by atoms with van der Waals surface area (Å²) in [5, 5.41) is 1.36. The van der Waals surface area contributed by atoms with Crippen LogP contribution >= 0.6 is 58.0 Å². The van der Waals surface area contributed by atoms with Gasteiger partial charge in [0.05, 0.1) is 17.2 Å². The highest BCUT2D eigenvalue weighted by Crippen LogP contribution is 2.71. The second-order valence-electron chi connectivity index (χ2n) is 5.19. The smallest absolute Gasteiger partial charge is 0.133 e. The van der Waals surface area contributed by atoms with Gasteiger partial charge in [-0.2, -0.15) is 0 Å². The van der Waals surface area contributed by atoms with Crippen LogP contribution in [0.25, 0.3) is 0 Å². The van der Waals surface area contributed by atoms with E-state index < -0.39 is 4.33 Å². The molecule has 2 aromatic carbocycles. The minimum absolute atomic E-state index is 0.0588. The van der Waals surface area contributed by atoms with Crippen LogP contribution < -0.4 is 4.74 Å². The molecule has 0 bridgehead atoms. The third-order valence-corrected chi connectivity index (χ3v) is 5.89. The third kappa shape index (κ3) is 2.79. The first kappa shape index (κ1) is 16.5. The number of hydrogen-bond donors (Lipinski definition) is 0. The van der Waals surface area contributed by atoms with Crippen molar-refractivity contribution in [1.82, 2.24) is 0 Å². The van der Waals surface area contributed by atoms with Gasteiger partial charge in [-0.3, -0.25) is 0 Å². The molecule has 1 nitrogen and oxygen atoms in total. The Morgan fingerprint density at radius 3 is 2.05 bits per heavy atom. The highest BCUT2D eigenvalue weighted by Gasteiger charge is 2.64. The van der Waals surface area contributed by atoms with Crippen LogP contribution in [0.2, 0.25) is 15.1 Å². The van der Waals surface area contributed by atoms with Crippen LogP contribution in [-0.2, 0) is 0 Å². The van der Waals surface area contributed by atoms with E-state index >= 15 is 0 Å². The van der Waals surface area contributed by atoms with Crippen LogP contribution in [0.5, 0.6) is 5.75 Å². The van der Waals surface area contributed by atoms with Crippen molar-refractivity contribution in [3.05, 3.63) is 62.6 Å². The predicted molar refractivity (Wildman–Crippen MR) is 94.4 cm³/mol. The van der Waals surface area contributed by atoms with Crippen molar-refractivity contribution in [3.8, 4) is 5.75 Å². The van der Waals surface area contributed by atoms with E-state index in [0.29, 0.717) is 15.1 Å². The number of methoxy groups -OCH3 is 1. The Hall–Kier alpha value is -0.310. The van der Waals surface area contributed by atoms with E-state index in [0.717, 1.165) is 16.9 Å². The fourth-order valence-electron chi connectivity index (χ4n) is 2.72. The van der Waals surface area contributed by atoms with Crippen molar-refractivity contribution >= 4 is 58.0 Å². The average Bonchev–Trinajstić information content (AvgIpc) is 3.05. The van der Waals surface area contributed by atoms with Gasteiger partial charge >= 0.3 is 0 Å². The molecule has 0 heterocycles. The molecule has 3 rings (SSSR count). The lowest BCUT2D eigenvalue weighted by Crippen LogP contribution is -1.92. The normalized spacial score (nSPS) is 22.5. The molecule has 1 aliphatic carbocycles. The van der Waals surface area contributed by atoms with Gasteiger partial charge in [0, 0.05) is 16.9 Å². The Bertz CT molecular complexity index is 711. The number of ether oxygens (including phenoxy) is 1. The summed E-state index contributed by atoms with van der Waals surface area (Å²) in [6, 6.07) is 11.0.